The van der Waals surface area contributed by atoms with Gasteiger partial charge in [0, 0.05) is 48.2 Å². The van der Waals surface area contributed by atoms with E-state index in [2.05, 4.69) is 184 Å². The number of para-hydroxylation sites is 1. The van der Waals surface area contributed by atoms with Crippen LogP contribution in [0.15, 0.2) is 156 Å². The molecule has 7 aromatic carbocycles. The molecule has 0 amide bonds. The topological polar surface area (TPSA) is 16.4 Å². The second-order valence-electron chi connectivity index (χ2n) is 15.8. The van der Waals surface area contributed by atoms with Crippen molar-refractivity contribution in [2.24, 2.45) is 0 Å². The van der Waals surface area contributed by atoms with Gasteiger partial charge in [0.15, 0.2) is 0 Å². The first-order valence-electron chi connectivity index (χ1n) is 18.5. The Balaban J connectivity index is 1.01. The van der Waals surface area contributed by atoms with E-state index >= 15 is 0 Å². The zero-order chi connectivity index (χ0) is 35.6. The number of thiophene rings is 1. The molecule has 0 atom stereocenters. The van der Waals surface area contributed by atoms with Gasteiger partial charge in [-0.05, 0) is 122 Å². The van der Waals surface area contributed by atoms with E-state index in [1.807, 2.05) is 11.3 Å². The normalized spacial score (nSPS) is 14.7. The maximum absolute atomic E-state index is 6.59. The van der Waals surface area contributed by atoms with Crippen LogP contribution < -0.4 is 4.90 Å². The Labute approximate surface area is 313 Å². The summed E-state index contributed by atoms with van der Waals surface area (Å²) in [5, 5.41) is 3.62. The van der Waals surface area contributed by atoms with Gasteiger partial charge in [-0.3, -0.25) is 0 Å². The lowest BCUT2D eigenvalue weighted by Gasteiger charge is -2.28. The SMILES string of the molecule is CC1(C)c2ccccc2-c2ccc(N(c3ccccc3)c3ccc4oc5cc(-c6ccc7c(c6)-c6sc8ccccc8c6C7(C)C)ccc5c4c3)cc21. The molecule has 2 heterocycles. The minimum absolute atomic E-state index is 0.0299. The molecule has 2 aliphatic rings. The van der Waals surface area contributed by atoms with Crippen LogP contribution in [0.25, 0.3) is 64.7 Å². The molecule has 11 rings (SSSR count). The molecule has 0 N–H and O–H groups in total. The number of fused-ring (bicyclic) bond motifs is 11. The van der Waals surface area contributed by atoms with Crippen LogP contribution in [0.1, 0.15) is 49.9 Å². The average Bonchev–Trinajstić information content (AvgIpc) is 3.88. The van der Waals surface area contributed by atoms with Crippen LogP contribution in [0, 0.1) is 0 Å². The number of hydrogen-bond donors (Lipinski definition) is 0. The van der Waals surface area contributed by atoms with Gasteiger partial charge < -0.3 is 9.32 Å². The van der Waals surface area contributed by atoms with Crippen LogP contribution in [0.4, 0.5) is 17.1 Å². The molecule has 0 unspecified atom stereocenters. The highest BCUT2D eigenvalue weighted by molar-refractivity contribution is 7.22. The van der Waals surface area contributed by atoms with Crippen molar-refractivity contribution in [3.63, 3.8) is 0 Å². The van der Waals surface area contributed by atoms with Crippen molar-refractivity contribution in [3.8, 4) is 32.7 Å². The number of nitrogens with zero attached hydrogens (tertiary/aromatic N) is 1. The summed E-state index contributed by atoms with van der Waals surface area (Å²) in [7, 11) is 0. The van der Waals surface area contributed by atoms with E-state index in [-0.39, 0.29) is 10.8 Å². The van der Waals surface area contributed by atoms with Crippen LogP contribution in [0.5, 0.6) is 0 Å². The van der Waals surface area contributed by atoms with E-state index in [1.165, 1.54) is 65.0 Å². The van der Waals surface area contributed by atoms with Crippen LogP contribution in [0.3, 0.4) is 0 Å². The van der Waals surface area contributed by atoms with Crippen molar-refractivity contribution in [3.05, 3.63) is 174 Å². The largest absolute Gasteiger partial charge is 0.456 e. The summed E-state index contributed by atoms with van der Waals surface area (Å²) in [6.07, 6.45) is 0. The Morgan fingerprint density at radius 1 is 0.453 bits per heavy atom. The van der Waals surface area contributed by atoms with Crippen LogP contribution in [-0.2, 0) is 10.8 Å². The fourth-order valence-corrected chi connectivity index (χ4v) is 10.8. The van der Waals surface area contributed by atoms with Crippen LogP contribution in [0.2, 0.25) is 0 Å². The third-order valence-electron chi connectivity index (χ3n) is 12.0. The molecule has 9 aromatic rings. The fourth-order valence-electron chi connectivity index (χ4n) is 9.39. The summed E-state index contributed by atoms with van der Waals surface area (Å²) in [6, 6.07) is 55.7. The van der Waals surface area contributed by atoms with Gasteiger partial charge in [0.05, 0.1) is 0 Å². The third kappa shape index (κ3) is 4.32. The van der Waals surface area contributed by atoms with Gasteiger partial charge >= 0.3 is 0 Å². The molecule has 2 aliphatic carbocycles. The summed E-state index contributed by atoms with van der Waals surface area (Å²) < 4.78 is 7.95. The number of anilines is 3. The van der Waals surface area contributed by atoms with Gasteiger partial charge in [-0.25, -0.2) is 0 Å². The van der Waals surface area contributed by atoms with Crippen molar-refractivity contribution in [1.82, 2.24) is 0 Å². The standard InChI is InChI=1S/C50H37NOS/c1-49(2)41-16-10-8-14-35(41)36-23-20-34(29-43(36)49)51(32-12-6-5-7-13-32)33-21-25-44-39(28-33)37-22-18-31(27-45(37)52-44)30-19-24-42-40(26-30)48-47(50(42,3)4)38-15-9-11-17-46(38)53-48/h5-29H,1-4H3. The highest BCUT2D eigenvalue weighted by Gasteiger charge is 2.39. The molecule has 3 heteroatoms. The minimum Gasteiger partial charge on any atom is -0.456 e. The van der Waals surface area contributed by atoms with Crippen molar-refractivity contribution >= 4 is 60.4 Å². The Morgan fingerprint density at radius 2 is 1.15 bits per heavy atom. The van der Waals surface area contributed by atoms with E-state index in [0.29, 0.717) is 0 Å². The highest BCUT2D eigenvalue weighted by Crippen LogP contribution is 2.56. The Morgan fingerprint density at radius 3 is 2.04 bits per heavy atom. The molecular formula is C50H37NOS. The second kappa shape index (κ2) is 10.8. The quantitative estimate of drug-likeness (QED) is 0.182. The summed E-state index contributed by atoms with van der Waals surface area (Å²) >= 11 is 1.92. The third-order valence-corrected chi connectivity index (χ3v) is 13.2. The van der Waals surface area contributed by atoms with E-state index in [9.17, 15) is 0 Å². The lowest BCUT2D eigenvalue weighted by molar-refractivity contribution is 0.660. The minimum atomic E-state index is -0.0814. The Hall–Kier alpha value is -5.90. The van der Waals surface area contributed by atoms with Crippen molar-refractivity contribution in [2.75, 3.05) is 4.90 Å². The fraction of sp³-hybridized carbons (Fsp3) is 0.120. The molecular weight excluding hydrogens is 663 g/mol. The molecule has 0 saturated heterocycles. The summed E-state index contributed by atoms with van der Waals surface area (Å²) in [5.41, 5.74) is 17.1. The van der Waals surface area contributed by atoms with Crippen molar-refractivity contribution in [1.29, 1.82) is 0 Å². The van der Waals surface area contributed by atoms with Gasteiger partial charge in [0.2, 0.25) is 0 Å². The molecule has 0 fully saturated rings. The van der Waals surface area contributed by atoms with Crippen molar-refractivity contribution < 1.29 is 4.42 Å². The molecule has 0 spiro atoms. The summed E-state index contributed by atoms with van der Waals surface area (Å²) in [6.45, 7) is 9.43. The molecule has 2 nitrogen and oxygen atoms in total. The molecule has 0 bridgehead atoms. The molecule has 0 aliphatic heterocycles. The van der Waals surface area contributed by atoms with Gasteiger partial charge in [0.1, 0.15) is 11.2 Å². The zero-order valence-electron chi connectivity index (χ0n) is 30.2. The van der Waals surface area contributed by atoms with Gasteiger partial charge in [0.25, 0.3) is 0 Å². The second-order valence-corrected chi connectivity index (χ2v) is 16.8. The number of furan rings is 1. The number of benzene rings is 7. The lowest BCUT2D eigenvalue weighted by Crippen LogP contribution is -2.16. The smallest absolute Gasteiger partial charge is 0.136 e. The van der Waals surface area contributed by atoms with E-state index in [4.69, 9.17) is 4.42 Å². The molecule has 254 valence electrons. The zero-order valence-corrected chi connectivity index (χ0v) is 31.0. The first-order chi connectivity index (χ1) is 25.8. The summed E-state index contributed by atoms with van der Waals surface area (Å²) in [4.78, 5) is 3.78. The predicted molar refractivity (Wildman–Crippen MR) is 224 cm³/mol. The average molecular weight is 700 g/mol. The van der Waals surface area contributed by atoms with E-state index in [1.54, 1.807) is 0 Å². The first-order valence-corrected chi connectivity index (χ1v) is 19.3. The Bertz CT molecular complexity index is 2960. The van der Waals surface area contributed by atoms with Gasteiger partial charge in [-0.2, -0.15) is 0 Å². The molecule has 2 aromatic heterocycles. The predicted octanol–water partition coefficient (Wildman–Crippen LogP) is 14.6. The first kappa shape index (κ1) is 30.7. The molecule has 0 saturated carbocycles. The number of hydrogen-bond acceptors (Lipinski definition) is 3. The van der Waals surface area contributed by atoms with E-state index < -0.39 is 0 Å². The highest BCUT2D eigenvalue weighted by atomic mass is 32.1. The number of rotatable bonds is 4. The van der Waals surface area contributed by atoms with Gasteiger partial charge in [-0.1, -0.05) is 113 Å². The molecule has 53 heavy (non-hydrogen) atoms. The van der Waals surface area contributed by atoms with Crippen LogP contribution >= 0.6 is 11.3 Å². The van der Waals surface area contributed by atoms with Crippen molar-refractivity contribution in [2.45, 2.75) is 38.5 Å². The van der Waals surface area contributed by atoms with Crippen LogP contribution in [-0.4, -0.2) is 0 Å². The lowest BCUT2D eigenvalue weighted by atomic mass is 9.81. The maximum Gasteiger partial charge on any atom is 0.136 e. The monoisotopic (exact) mass is 699 g/mol. The maximum atomic E-state index is 6.59. The van der Waals surface area contributed by atoms with E-state index in [0.717, 1.165) is 39.0 Å². The van der Waals surface area contributed by atoms with Gasteiger partial charge in [-0.15, -0.1) is 11.3 Å². The summed E-state index contributed by atoms with van der Waals surface area (Å²) in [5.74, 6) is 0. The molecule has 0 radical (unpaired) electrons. The Kier molecular flexibility index (Phi) is 6.27.